The van der Waals surface area contributed by atoms with Crippen LogP contribution in [0, 0.1) is 0 Å². The van der Waals surface area contributed by atoms with E-state index >= 15 is 0 Å². The highest BCUT2D eigenvalue weighted by Gasteiger charge is 2.20. The summed E-state index contributed by atoms with van der Waals surface area (Å²) in [4.78, 5) is 0. The SMILES string of the molecule is CCC(CC)NCC1CCc2ccc(OCc3ccccc3)cc2O1. The van der Waals surface area contributed by atoms with E-state index in [2.05, 4.69) is 37.4 Å². The summed E-state index contributed by atoms with van der Waals surface area (Å²) in [6, 6.07) is 17.1. The lowest BCUT2D eigenvalue weighted by Gasteiger charge is -2.28. The van der Waals surface area contributed by atoms with Crippen LogP contribution in [-0.4, -0.2) is 18.7 Å². The van der Waals surface area contributed by atoms with Crippen LogP contribution >= 0.6 is 0 Å². The van der Waals surface area contributed by atoms with Gasteiger partial charge in [0.15, 0.2) is 0 Å². The lowest BCUT2D eigenvalue weighted by molar-refractivity contribution is 0.164. The summed E-state index contributed by atoms with van der Waals surface area (Å²) in [6.07, 6.45) is 4.72. The average Bonchev–Trinajstić information content (AvgIpc) is 2.67. The number of rotatable bonds is 8. The maximum atomic E-state index is 6.22. The van der Waals surface area contributed by atoms with Crippen LogP contribution in [-0.2, 0) is 13.0 Å². The van der Waals surface area contributed by atoms with Gasteiger partial charge in [0.25, 0.3) is 0 Å². The first-order valence-corrected chi connectivity index (χ1v) is 9.48. The molecule has 3 rings (SSSR count). The zero-order chi connectivity index (χ0) is 17.5. The Bertz CT molecular complexity index is 652. The fraction of sp³-hybridized carbons (Fsp3) is 0.455. The maximum Gasteiger partial charge on any atom is 0.126 e. The second kappa shape index (κ2) is 8.91. The minimum absolute atomic E-state index is 0.248. The van der Waals surface area contributed by atoms with Gasteiger partial charge in [0.05, 0.1) is 0 Å². The molecule has 1 unspecified atom stereocenters. The van der Waals surface area contributed by atoms with Crippen molar-refractivity contribution in [2.24, 2.45) is 0 Å². The van der Waals surface area contributed by atoms with Crippen LogP contribution in [0.3, 0.4) is 0 Å². The topological polar surface area (TPSA) is 30.5 Å². The van der Waals surface area contributed by atoms with Crippen LogP contribution in [0.15, 0.2) is 48.5 Å². The minimum atomic E-state index is 0.248. The summed E-state index contributed by atoms with van der Waals surface area (Å²) in [7, 11) is 0. The van der Waals surface area contributed by atoms with E-state index in [1.165, 1.54) is 11.1 Å². The van der Waals surface area contributed by atoms with Crippen LogP contribution < -0.4 is 14.8 Å². The smallest absolute Gasteiger partial charge is 0.126 e. The lowest BCUT2D eigenvalue weighted by Crippen LogP contribution is -2.39. The number of benzene rings is 2. The molecule has 1 atom stereocenters. The number of hydrogen-bond acceptors (Lipinski definition) is 3. The quantitative estimate of drug-likeness (QED) is 0.754. The maximum absolute atomic E-state index is 6.22. The minimum Gasteiger partial charge on any atom is -0.489 e. The largest absolute Gasteiger partial charge is 0.489 e. The van der Waals surface area contributed by atoms with Gasteiger partial charge in [-0.2, -0.15) is 0 Å². The Labute approximate surface area is 151 Å². The summed E-state index contributed by atoms with van der Waals surface area (Å²) in [5.41, 5.74) is 2.46. The van der Waals surface area contributed by atoms with Crippen molar-refractivity contribution >= 4 is 0 Å². The Morgan fingerprint density at radius 2 is 1.92 bits per heavy atom. The van der Waals surface area contributed by atoms with E-state index in [4.69, 9.17) is 9.47 Å². The highest BCUT2D eigenvalue weighted by Crippen LogP contribution is 2.31. The number of hydrogen-bond donors (Lipinski definition) is 1. The molecule has 1 aliphatic rings. The van der Waals surface area contributed by atoms with Crippen LogP contribution in [0.1, 0.15) is 44.2 Å². The van der Waals surface area contributed by atoms with Gasteiger partial charge in [0.2, 0.25) is 0 Å². The molecule has 2 aromatic rings. The Balaban J connectivity index is 1.57. The van der Waals surface area contributed by atoms with Crippen LogP contribution in [0.2, 0.25) is 0 Å². The van der Waals surface area contributed by atoms with Crippen LogP contribution in [0.4, 0.5) is 0 Å². The van der Waals surface area contributed by atoms with E-state index in [-0.39, 0.29) is 6.10 Å². The summed E-state index contributed by atoms with van der Waals surface area (Å²) in [5.74, 6) is 1.85. The number of nitrogens with one attached hydrogen (secondary N) is 1. The number of fused-ring (bicyclic) bond motifs is 1. The molecule has 0 saturated carbocycles. The Kier molecular flexibility index (Phi) is 6.35. The van der Waals surface area contributed by atoms with E-state index < -0.39 is 0 Å². The van der Waals surface area contributed by atoms with E-state index in [9.17, 15) is 0 Å². The van der Waals surface area contributed by atoms with E-state index in [0.717, 1.165) is 43.7 Å². The molecule has 1 heterocycles. The fourth-order valence-corrected chi connectivity index (χ4v) is 3.26. The first-order chi connectivity index (χ1) is 12.3. The third-order valence-electron chi connectivity index (χ3n) is 4.94. The van der Waals surface area contributed by atoms with Crippen LogP contribution in [0.5, 0.6) is 11.5 Å². The van der Waals surface area contributed by atoms with Crippen molar-refractivity contribution in [3.8, 4) is 11.5 Å². The molecule has 3 heteroatoms. The van der Waals surface area contributed by atoms with Gasteiger partial charge in [-0.3, -0.25) is 0 Å². The van der Waals surface area contributed by atoms with Gasteiger partial charge in [-0.25, -0.2) is 0 Å². The molecular formula is C22H29NO2. The van der Waals surface area contributed by atoms with Crippen molar-refractivity contribution in [3.05, 3.63) is 59.7 Å². The van der Waals surface area contributed by atoms with Gasteiger partial charge in [-0.1, -0.05) is 50.2 Å². The van der Waals surface area contributed by atoms with E-state index in [1.54, 1.807) is 0 Å². The van der Waals surface area contributed by atoms with Crippen molar-refractivity contribution < 1.29 is 9.47 Å². The monoisotopic (exact) mass is 339 g/mol. The molecule has 3 nitrogen and oxygen atoms in total. The Morgan fingerprint density at radius 1 is 1.12 bits per heavy atom. The highest BCUT2D eigenvalue weighted by molar-refractivity contribution is 5.42. The molecule has 134 valence electrons. The van der Waals surface area contributed by atoms with E-state index in [0.29, 0.717) is 12.6 Å². The van der Waals surface area contributed by atoms with Crippen molar-refractivity contribution in [2.45, 2.75) is 58.3 Å². The zero-order valence-corrected chi connectivity index (χ0v) is 15.3. The number of aryl methyl sites for hydroxylation is 1. The van der Waals surface area contributed by atoms with Crippen molar-refractivity contribution in [2.75, 3.05) is 6.54 Å². The average molecular weight is 339 g/mol. The third kappa shape index (κ3) is 4.99. The number of ether oxygens (including phenoxy) is 2. The summed E-state index contributed by atoms with van der Waals surface area (Å²) < 4.78 is 12.2. The van der Waals surface area contributed by atoms with Gasteiger partial charge in [0, 0.05) is 18.7 Å². The molecule has 0 fully saturated rings. The van der Waals surface area contributed by atoms with Crippen LogP contribution in [0.25, 0.3) is 0 Å². The second-order valence-corrected chi connectivity index (χ2v) is 6.74. The fourth-order valence-electron chi connectivity index (χ4n) is 3.26. The predicted octanol–water partition coefficient (Wildman–Crippen LogP) is 4.74. The molecule has 0 amide bonds. The standard InChI is InChI=1S/C22H29NO2/c1-3-19(4-2)23-15-21-13-11-18-10-12-20(14-22(18)25-21)24-16-17-8-6-5-7-9-17/h5-10,12,14,19,21,23H,3-4,11,13,15-16H2,1-2H3. The van der Waals surface area contributed by atoms with Gasteiger partial charge in [0.1, 0.15) is 24.2 Å². The summed E-state index contributed by atoms with van der Waals surface area (Å²) >= 11 is 0. The molecule has 0 bridgehead atoms. The zero-order valence-electron chi connectivity index (χ0n) is 15.3. The van der Waals surface area contributed by atoms with Gasteiger partial charge in [-0.15, -0.1) is 0 Å². The summed E-state index contributed by atoms with van der Waals surface area (Å²) in [6.45, 7) is 5.96. The van der Waals surface area contributed by atoms with Gasteiger partial charge >= 0.3 is 0 Å². The molecule has 0 radical (unpaired) electrons. The first-order valence-electron chi connectivity index (χ1n) is 9.48. The molecule has 0 spiro atoms. The van der Waals surface area contributed by atoms with Crippen molar-refractivity contribution in [3.63, 3.8) is 0 Å². The Morgan fingerprint density at radius 3 is 2.68 bits per heavy atom. The van der Waals surface area contributed by atoms with Gasteiger partial charge in [-0.05, 0) is 42.9 Å². The van der Waals surface area contributed by atoms with Gasteiger partial charge < -0.3 is 14.8 Å². The molecule has 0 aromatic heterocycles. The van der Waals surface area contributed by atoms with Crippen molar-refractivity contribution in [1.82, 2.24) is 5.32 Å². The third-order valence-corrected chi connectivity index (χ3v) is 4.94. The predicted molar refractivity (Wildman–Crippen MR) is 102 cm³/mol. The second-order valence-electron chi connectivity index (χ2n) is 6.74. The molecule has 0 aliphatic carbocycles. The molecule has 25 heavy (non-hydrogen) atoms. The normalized spacial score (nSPS) is 16.4. The highest BCUT2D eigenvalue weighted by atomic mass is 16.5. The molecule has 2 aromatic carbocycles. The molecule has 1 aliphatic heterocycles. The molecule has 0 saturated heterocycles. The lowest BCUT2D eigenvalue weighted by atomic mass is 10.0. The molecule has 1 N–H and O–H groups in total. The summed E-state index contributed by atoms with van der Waals surface area (Å²) in [5, 5.41) is 3.62. The first kappa shape index (κ1) is 17.8. The molecular weight excluding hydrogens is 310 g/mol. The van der Waals surface area contributed by atoms with Crippen molar-refractivity contribution in [1.29, 1.82) is 0 Å². The Hall–Kier alpha value is -2.00. The van der Waals surface area contributed by atoms with E-state index in [1.807, 2.05) is 30.3 Å².